The Labute approximate surface area is 153 Å². The molecule has 0 bridgehead atoms. The summed E-state index contributed by atoms with van der Waals surface area (Å²) in [5, 5.41) is 17.1. The van der Waals surface area contributed by atoms with Gasteiger partial charge in [0.2, 0.25) is 5.16 Å². The van der Waals surface area contributed by atoms with Crippen molar-refractivity contribution >= 4 is 11.8 Å². The molecule has 26 heavy (non-hydrogen) atoms. The molecule has 0 radical (unpaired) electrons. The number of nitrogens with zero attached hydrogens (tertiary/aromatic N) is 6. The Hall–Kier alpha value is -3.00. The van der Waals surface area contributed by atoms with E-state index in [-0.39, 0.29) is 5.82 Å². The maximum atomic E-state index is 13.4. The van der Waals surface area contributed by atoms with Crippen LogP contribution in [0.4, 0.5) is 4.39 Å². The lowest BCUT2D eigenvalue weighted by Crippen LogP contribution is -2.00. The molecule has 4 aromatic rings. The van der Waals surface area contributed by atoms with Gasteiger partial charge in [0.25, 0.3) is 0 Å². The van der Waals surface area contributed by atoms with Crippen LogP contribution in [-0.2, 0) is 5.75 Å². The van der Waals surface area contributed by atoms with Crippen molar-refractivity contribution in [3.05, 3.63) is 77.9 Å². The van der Waals surface area contributed by atoms with Crippen molar-refractivity contribution < 1.29 is 4.39 Å². The topological polar surface area (TPSA) is 61.4 Å². The Morgan fingerprint density at radius 3 is 2.73 bits per heavy atom. The van der Waals surface area contributed by atoms with E-state index in [9.17, 15) is 4.39 Å². The summed E-state index contributed by atoms with van der Waals surface area (Å²) in [5.74, 6) is 0.320. The number of aromatic nitrogens is 6. The number of benzene rings is 2. The van der Waals surface area contributed by atoms with Gasteiger partial charge in [-0.15, -0.1) is 5.10 Å². The van der Waals surface area contributed by atoms with Crippen LogP contribution in [-0.4, -0.2) is 30.0 Å². The Morgan fingerprint density at radius 1 is 1.04 bits per heavy atom. The SMILES string of the molecule is Cc1cccc(-n2nnnc2SCc2ccn(-c3cccc(F)c3)n2)c1. The van der Waals surface area contributed by atoms with Gasteiger partial charge in [-0.25, -0.2) is 9.07 Å². The molecule has 4 rings (SSSR count). The summed E-state index contributed by atoms with van der Waals surface area (Å²) in [6.45, 7) is 2.03. The highest BCUT2D eigenvalue weighted by molar-refractivity contribution is 7.98. The monoisotopic (exact) mass is 366 g/mol. The number of rotatable bonds is 5. The van der Waals surface area contributed by atoms with E-state index in [4.69, 9.17) is 0 Å². The number of aryl methyl sites for hydroxylation is 1. The summed E-state index contributed by atoms with van der Waals surface area (Å²) >= 11 is 1.50. The van der Waals surface area contributed by atoms with E-state index >= 15 is 0 Å². The maximum Gasteiger partial charge on any atom is 0.214 e. The van der Waals surface area contributed by atoms with Gasteiger partial charge >= 0.3 is 0 Å². The van der Waals surface area contributed by atoms with Crippen molar-refractivity contribution in [2.75, 3.05) is 0 Å². The smallest absolute Gasteiger partial charge is 0.214 e. The van der Waals surface area contributed by atoms with Crippen LogP contribution in [0.3, 0.4) is 0 Å². The van der Waals surface area contributed by atoms with Gasteiger partial charge in [0.05, 0.1) is 17.1 Å². The molecule has 0 amide bonds. The fourth-order valence-electron chi connectivity index (χ4n) is 2.53. The molecule has 0 atom stereocenters. The van der Waals surface area contributed by atoms with Crippen LogP contribution in [0.15, 0.2) is 66.0 Å². The second-order valence-electron chi connectivity index (χ2n) is 5.73. The Morgan fingerprint density at radius 2 is 1.88 bits per heavy atom. The third kappa shape index (κ3) is 3.50. The molecule has 0 spiro atoms. The molecule has 0 saturated carbocycles. The molecule has 0 aliphatic rings. The summed E-state index contributed by atoms with van der Waals surface area (Å²) in [6.07, 6.45) is 1.81. The van der Waals surface area contributed by atoms with Crippen LogP contribution < -0.4 is 0 Å². The minimum Gasteiger partial charge on any atom is -0.241 e. The molecule has 2 aromatic heterocycles. The zero-order valence-electron chi connectivity index (χ0n) is 14.0. The first kappa shape index (κ1) is 16.5. The third-order valence-corrected chi connectivity index (χ3v) is 4.71. The summed E-state index contributed by atoms with van der Waals surface area (Å²) in [7, 11) is 0. The molecule has 2 heterocycles. The number of hydrogen-bond acceptors (Lipinski definition) is 5. The van der Waals surface area contributed by atoms with E-state index in [0.717, 1.165) is 16.9 Å². The van der Waals surface area contributed by atoms with Gasteiger partial charge in [-0.1, -0.05) is 30.0 Å². The maximum absolute atomic E-state index is 13.4. The van der Waals surface area contributed by atoms with Crippen molar-refractivity contribution in [2.45, 2.75) is 17.8 Å². The summed E-state index contributed by atoms with van der Waals surface area (Å²) in [4.78, 5) is 0. The van der Waals surface area contributed by atoms with Crippen molar-refractivity contribution in [1.29, 1.82) is 0 Å². The third-order valence-electron chi connectivity index (χ3n) is 3.75. The quantitative estimate of drug-likeness (QED) is 0.505. The predicted molar refractivity (Wildman–Crippen MR) is 97.0 cm³/mol. The van der Waals surface area contributed by atoms with Gasteiger partial charge in [0.15, 0.2) is 0 Å². The summed E-state index contributed by atoms with van der Waals surface area (Å²) in [6, 6.07) is 16.2. The van der Waals surface area contributed by atoms with Crippen molar-refractivity contribution in [2.24, 2.45) is 0 Å². The minimum atomic E-state index is -0.286. The first-order chi connectivity index (χ1) is 12.7. The highest BCUT2D eigenvalue weighted by Crippen LogP contribution is 2.22. The molecular weight excluding hydrogens is 351 g/mol. The van der Waals surface area contributed by atoms with Crippen molar-refractivity contribution in [3.63, 3.8) is 0 Å². The Bertz CT molecular complexity index is 1040. The highest BCUT2D eigenvalue weighted by atomic mass is 32.2. The van der Waals surface area contributed by atoms with Crippen molar-refractivity contribution in [3.8, 4) is 11.4 Å². The van der Waals surface area contributed by atoms with Gasteiger partial charge < -0.3 is 0 Å². The van der Waals surface area contributed by atoms with E-state index in [1.54, 1.807) is 15.4 Å². The van der Waals surface area contributed by atoms with Gasteiger partial charge in [-0.2, -0.15) is 9.78 Å². The zero-order chi connectivity index (χ0) is 17.9. The second kappa shape index (κ2) is 7.09. The molecule has 6 nitrogen and oxygen atoms in total. The first-order valence-corrected chi connectivity index (χ1v) is 8.96. The summed E-state index contributed by atoms with van der Waals surface area (Å²) < 4.78 is 16.7. The molecule has 0 aliphatic heterocycles. The van der Waals surface area contributed by atoms with Crippen LogP contribution >= 0.6 is 11.8 Å². The zero-order valence-corrected chi connectivity index (χ0v) is 14.8. The number of thioether (sulfide) groups is 1. The van der Waals surface area contributed by atoms with E-state index in [1.807, 2.05) is 49.5 Å². The average molecular weight is 366 g/mol. The highest BCUT2D eigenvalue weighted by Gasteiger charge is 2.11. The lowest BCUT2D eigenvalue weighted by Gasteiger charge is -2.04. The van der Waals surface area contributed by atoms with Gasteiger partial charge in [-0.05, 0) is 59.3 Å². The van der Waals surface area contributed by atoms with Crippen LogP contribution in [0.2, 0.25) is 0 Å². The molecule has 0 aliphatic carbocycles. The molecule has 130 valence electrons. The standard InChI is InChI=1S/C18H15FN6S/c1-13-4-2-7-17(10-13)25-18(20-22-23-25)26-12-15-8-9-24(21-15)16-6-3-5-14(19)11-16/h2-11H,12H2,1H3. The number of halogens is 1. The van der Waals surface area contributed by atoms with E-state index in [2.05, 4.69) is 20.6 Å². The van der Waals surface area contributed by atoms with E-state index in [1.165, 1.54) is 23.9 Å². The Kier molecular flexibility index (Phi) is 4.49. The minimum absolute atomic E-state index is 0.286. The lowest BCUT2D eigenvalue weighted by molar-refractivity contribution is 0.625. The lowest BCUT2D eigenvalue weighted by atomic mass is 10.2. The molecule has 2 aromatic carbocycles. The normalized spacial score (nSPS) is 11.0. The molecule has 0 saturated heterocycles. The van der Waals surface area contributed by atoms with Crippen LogP contribution in [0.5, 0.6) is 0 Å². The molecule has 0 fully saturated rings. The van der Waals surface area contributed by atoms with Crippen LogP contribution in [0.25, 0.3) is 11.4 Å². The number of tetrazole rings is 1. The van der Waals surface area contributed by atoms with Crippen LogP contribution in [0, 0.1) is 12.7 Å². The molecular formula is C18H15FN6S. The molecule has 0 N–H and O–H groups in total. The number of hydrogen-bond donors (Lipinski definition) is 0. The van der Waals surface area contributed by atoms with Crippen LogP contribution in [0.1, 0.15) is 11.3 Å². The fourth-order valence-corrected chi connectivity index (χ4v) is 3.32. The molecule has 8 heteroatoms. The second-order valence-corrected chi connectivity index (χ2v) is 6.67. The molecule has 0 unspecified atom stereocenters. The van der Waals surface area contributed by atoms with Gasteiger partial charge in [0, 0.05) is 11.9 Å². The average Bonchev–Trinajstić information content (AvgIpc) is 3.29. The fraction of sp³-hybridized carbons (Fsp3) is 0.111. The largest absolute Gasteiger partial charge is 0.241 e. The summed E-state index contributed by atoms with van der Waals surface area (Å²) in [5.41, 5.74) is 3.61. The van der Waals surface area contributed by atoms with Gasteiger partial charge in [0.1, 0.15) is 5.82 Å². The predicted octanol–water partition coefficient (Wildman–Crippen LogP) is 3.59. The van der Waals surface area contributed by atoms with Gasteiger partial charge in [-0.3, -0.25) is 0 Å². The first-order valence-electron chi connectivity index (χ1n) is 7.98. The van der Waals surface area contributed by atoms with E-state index in [0.29, 0.717) is 16.6 Å². The van der Waals surface area contributed by atoms with E-state index < -0.39 is 0 Å². The van der Waals surface area contributed by atoms with Crippen molar-refractivity contribution in [1.82, 2.24) is 30.0 Å². The Balaban J connectivity index is 1.50.